The van der Waals surface area contributed by atoms with Gasteiger partial charge in [0.1, 0.15) is 11.3 Å². The number of aliphatic imine (C=N–C) groups is 1. The zero-order valence-electron chi connectivity index (χ0n) is 16.4. The fraction of sp³-hybridized carbons (Fsp3) is 0.400. The van der Waals surface area contributed by atoms with E-state index >= 15 is 0 Å². The molecule has 0 radical (unpaired) electrons. The van der Waals surface area contributed by atoms with Crippen LogP contribution >= 0.6 is 35.3 Å². The number of fused-ring (bicyclic) bond motifs is 1. The monoisotopic (exact) mass is 498 g/mol. The van der Waals surface area contributed by atoms with Gasteiger partial charge in [0, 0.05) is 28.8 Å². The number of halogens is 1. The highest BCUT2D eigenvalue weighted by atomic mass is 127. The largest absolute Gasteiger partial charge is 0.459 e. The van der Waals surface area contributed by atoms with Crippen molar-refractivity contribution in [3.05, 3.63) is 51.7 Å². The van der Waals surface area contributed by atoms with Crippen molar-refractivity contribution in [3.8, 4) is 0 Å². The second-order valence-corrected chi connectivity index (χ2v) is 8.18. The van der Waals surface area contributed by atoms with E-state index in [2.05, 4.69) is 54.8 Å². The van der Waals surface area contributed by atoms with Gasteiger partial charge in [0.25, 0.3) is 0 Å². The minimum atomic E-state index is 0. The van der Waals surface area contributed by atoms with Gasteiger partial charge in [-0.05, 0) is 13.0 Å². The van der Waals surface area contributed by atoms with Crippen LogP contribution in [0.15, 0.2) is 39.1 Å². The number of rotatable bonds is 4. The summed E-state index contributed by atoms with van der Waals surface area (Å²) in [5.74, 6) is 1.66. The van der Waals surface area contributed by atoms with Gasteiger partial charge >= 0.3 is 0 Å². The lowest BCUT2D eigenvalue weighted by molar-refractivity contribution is 0.534. The van der Waals surface area contributed by atoms with Crippen LogP contribution in [0.4, 0.5) is 0 Å². The Bertz CT molecular complexity index is 924. The molecule has 7 heteroatoms. The molecule has 0 bridgehead atoms. The lowest BCUT2D eigenvalue weighted by Crippen LogP contribution is -2.36. The number of furan rings is 1. The van der Waals surface area contributed by atoms with Crippen molar-refractivity contribution in [2.75, 3.05) is 7.05 Å². The number of thiazole rings is 1. The number of hydrogen-bond donors (Lipinski definition) is 2. The number of benzene rings is 1. The fourth-order valence-corrected chi connectivity index (χ4v) is 3.59. The zero-order chi connectivity index (χ0) is 18.7. The van der Waals surface area contributed by atoms with Crippen molar-refractivity contribution < 1.29 is 4.42 Å². The predicted octanol–water partition coefficient (Wildman–Crippen LogP) is 4.98. The molecule has 0 aliphatic rings. The molecule has 0 fully saturated rings. The highest BCUT2D eigenvalue weighted by Crippen LogP contribution is 2.26. The minimum Gasteiger partial charge on any atom is -0.459 e. The first-order chi connectivity index (χ1) is 12.4. The molecule has 0 aliphatic heterocycles. The van der Waals surface area contributed by atoms with Crippen LogP contribution in [0.5, 0.6) is 0 Å². The molecular formula is C20H27IN4OS. The van der Waals surface area contributed by atoms with Crippen LogP contribution < -0.4 is 10.6 Å². The maximum absolute atomic E-state index is 5.94. The molecule has 0 spiro atoms. The van der Waals surface area contributed by atoms with Gasteiger partial charge in [-0.25, -0.2) is 4.98 Å². The Balaban J connectivity index is 0.00000261. The molecule has 0 amide bonds. The Morgan fingerprint density at radius 2 is 1.89 bits per heavy atom. The Labute approximate surface area is 181 Å². The molecule has 2 N–H and O–H groups in total. The third kappa shape index (κ3) is 5.22. The quantitative estimate of drug-likeness (QED) is 0.303. The maximum atomic E-state index is 5.94. The highest BCUT2D eigenvalue weighted by Gasteiger charge is 2.18. The van der Waals surface area contributed by atoms with Crippen molar-refractivity contribution in [2.24, 2.45) is 4.99 Å². The second-order valence-electron chi connectivity index (χ2n) is 7.32. The van der Waals surface area contributed by atoms with E-state index in [-0.39, 0.29) is 29.4 Å². The number of para-hydroxylation sites is 1. The number of aryl methyl sites for hydroxylation is 1. The van der Waals surface area contributed by atoms with E-state index in [0.717, 1.165) is 39.0 Å². The summed E-state index contributed by atoms with van der Waals surface area (Å²) in [4.78, 5) is 8.99. The molecule has 0 aliphatic carbocycles. The molecular weight excluding hydrogens is 471 g/mol. The Morgan fingerprint density at radius 1 is 1.19 bits per heavy atom. The first-order valence-corrected chi connectivity index (χ1v) is 9.63. The maximum Gasteiger partial charge on any atom is 0.191 e. The highest BCUT2D eigenvalue weighted by molar-refractivity contribution is 14.0. The van der Waals surface area contributed by atoms with Crippen LogP contribution in [0.2, 0.25) is 0 Å². The number of nitrogens with one attached hydrogen (secondary N) is 2. The van der Waals surface area contributed by atoms with Crippen LogP contribution in [0.1, 0.15) is 42.8 Å². The Hall–Kier alpha value is -1.61. The zero-order valence-corrected chi connectivity index (χ0v) is 19.6. The Morgan fingerprint density at radius 3 is 2.52 bits per heavy atom. The van der Waals surface area contributed by atoms with E-state index in [1.54, 1.807) is 18.4 Å². The first kappa shape index (κ1) is 21.7. The molecule has 1 aromatic carbocycles. The van der Waals surface area contributed by atoms with Crippen LogP contribution in [-0.2, 0) is 18.5 Å². The van der Waals surface area contributed by atoms with E-state index < -0.39 is 0 Å². The van der Waals surface area contributed by atoms with Gasteiger partial charge < -0.3 is 15.1 Å². The molecule has 5 nitrogen and oxygen atoms in total. The SMILES string of the molecule is CN=C(NCc1csc(C(C)(C)C)n1)NCc1oc2ccccc2c1C.I. The predicted molar refractivity (Wildman–Crippen MR) is 124 cm³/mol. The summed E-state index contributed by atoms with van der Waals surface area (Å²) in [6.45, 7) is 9.86. The van der Waals surface area contributed by atoms with Crippen molar-refractivity contribution in [2.45, 2.75) is 46.2 Å². The van der Waals surface area contributed by atoms with E-state index in [1.165, 1.54) is 0 Å². The number of aromatic nitrogens is 1. The van der Waals surface area contributed by atoms with Gasteiger partial charge in [-0.3, -0.25) is 4.99 Å². The van der Waals surface area contributed by atoms with E-state index in [0.29, 0.717) is 13.1 Å². The van der Waals surface area contributed by atoms with Gasteiger partial charge in [0.2, 0.25) is 0 Å². The van der Waals surface area contributed by atoms with Crippen LogP contribution in [0.3, 0.4) is 0 Å². The van der Waals surface area contributed by atoms with E-state index in [4.69, 9.17) is 9.40 Å². The molecule has 146 valence electrons. The normalized spacial score (nSPS) is 12.1. The van der Waals surface area contributed by atoms with E-state index in [9.17, 15) is 0 Å². The van der Waals surface area contributed by atoms with Gasteiger partial charge in [0.15, 0.2) is 5.96 Å². The van der Waals surface area contributed by atoms with Crippen molar-refractivity contribution in [3.63, 3.8) is 0 Å². The topological polar surface area (TPSA) is 62.5 Å². The van der Waals surface area contributed by atoms with E-state index in [1.807, 2.05) is 18.2 Å². The molecule has 0 saturated carbocycles. The van der Waals surface area contributed by atoms with Gasteiger partial charge in [0.05, 0.1) is 23.8 Å². The molecule has 3 rings (SSSR count). The van der Waals surface area contributed by atoms with Crippen molar-refractivity contribution in [1.29, 1.82) is 0 Å². The van der Waals surface area contributed by atoms with Crippen molar-refractivity contribution in [1.82, 2.24) is 15.6 Å². The molecule has 0 saturated heterocycles. The molecule has 0 unspecified atom stereocenters. The summed E-state index contributed by atoms with van der Waals surface area (Å²) in [6.07, 6.45) is 0. The fourth-order valence-electron chi connectivity index (χ4n) is 2.69. The molecule has 27 heavy (non-hydrogen) atoms. The van der Waals surface area contributed by atoms with Crippen LogP contribution in [0, 0.1) is 6.92 Å². The summed E-state index contributed by atoms with van der Waals surface area (Å²) >= 11 is 1.70. The van der Waals surface area contributed by atoms with Gasteiger partial charge in [-0.1, -0.05) is 39.0 Å². The summed E-state index contributed by atoms with van der Waals surface area (Å²) < 4.78 is 5.94. The molecule has 3 aromatic rings. The average molecular weight is 498 g/mol. The van der Waals surface area contributed by atoms with Crippen LogP contribution in [-0.4, -0.2) is 18.0 Å². The lowest BCUT2D eigenvalue weighted by Gasteiger charge is -2.14. The molecule has 2 aromatic heterocycles. The lowest BCUT2D eigenvalue weighted by atomic mass is 9.98. The second kappa shape index (κ2) is 9.05. The number of hydrogen-bond acceptors (Lipinski definition) is 4. The third-order valence-corrected chi connectivity index (χ3v) is 5.53. The molecule has 0 atom stereocenters. The number of guanidine groups is 1. The summed E-state index contributed by atoms with van der Waals surface area (Å²) in [5.41, 5.74) is 3.20. The third-order valence-electron chi connectivity index (χ3n) is 4.21. The smallest absolute Gasteiger partial charge is 0.191 e. The number of nitrogens with zero attached hydrogens (tertiary/aromatic N) is 2. The van der Waals surface area contributed by atoms with Crippen molar-refractivity contribution >= 4 is 52.2 Å². The summed E-state index contributed by atoms with van der Waals surface area (Å²) in [5, 5.41) is 11.0. The molecule has 2 heterocycles. The van der Waals surface area contributed by atoms with Gasteiger partial charge in [-0.2, -0.15) is 0 Å². The summed E-state index contributed by atoms with van der Waals surface area (Å²) in [7, 11) is 1.77. The standard InChI is InChI=1S/C20H26N4OS.HI/c1-13-15-8-6-7-9-16(15)25-17(13)11-23-19(21-5)22-10-14-12-26-18(24-14)20(2,3)4;/h6-9,12H,10-11H2,1-5H3,(H2,21,22,23);1H. The van der Waals surface area contributed by atoms with Gasteiger partial charge in [-0.15, -0.1) is 35.3 Å². The van der Waals surface area contributed by atoms with Crippen LogP contribution in [0.25, 0.3) is 11.0 Å². The minimum absolute atomic E-state index is 0. The Kier molecular flexibility index (Phi) is 7.27. The summed E-state index contributed by atoms with van der Waals surface area (Å²) in [6, 6.07) is 8.10. The average Bonchev–Trinajstić information content (AvgIpc) is 3.21. The first-order valence-electron chi connectivity index (χ1n) is 8.75.